The van der Waals surface area contributed by atoms with E-state index in [-0.39, 0.29) is 84.4 Å². The van der Waals surface area contributed by atoms with Gasteiger partial charge in [0.1, 0.15) is 12.3 Å². The summed E-state index contributed by atoms with van der Waals surface area (Å²) >= 11 is 1.85. The SMILES string of the molecule is O=C(CCCCCNC(=O)CCCC[C@@H]1SC[C@@H]2NC(=O)N[C@@H]21)NC/C=C/c1cn([C@H]2C[C@H](O)[C@@H](COP(=O)(O)OP(=O)(O)OP(=O)([O-])O)O2)c(=O)[nH]c1=O.[Na+]. The molecule has 56 heavy (non-hydrogen) atoms. The molecular weight excluding hydrogens is 840 g/mol. The first kappa shape index (κ1) is 48.7. The zero-order valence-corrected chi connectivity index (χ0v) is 35.7. The Labute approximate surface area is 346 Å². The van der Waals surface area contributed by atoms with E-state index in [4.69, 9.17) is 9.63 Å². The van der Waals surface area contributed by atoms with Gasteiger partial charge in [-0.25, -0.2) is 23.0 Å². The average Bonchev–Trinajstić information content (AvgIpc) is 3.74. The van der Waals surface area contributed by atoms with Crippen LogP contribution in [0.5, 0.6) is 0 Å². The minimum absolute atomic E-state index is 0. The second kappa shape index (κ2) is 22.1. The molecule has 0 aliphatic carbocycles. The predicted octanol–water partition coefficient (Wildman–Crippen LogP) is -3.57. The van der Waals surface area contributed by atoms with Gasteiger partial charge in [-0.05, 0) is 25.7 Å². The Hall–Kier alpha value is -1.69. The van der Waals surface area contributed by atoms with Crippen molar-refractivity contribution in [1.82, 2.24) is 30.8 Å². The van der Waals surface area contributed by atoms with Crippen molar-refractivity contribution >= 4 is 59.2 Å². The molecule has 0 aromatic carbocycles. The van der Waals surface area contributed by atoms with Crippen LogP contribution < -0.4 is 67.0 Å². The first-order chi connectivity index (χ1) is 25.8. The molecule has 4 heterocycles. The number of thioether (sulfide) groups is 1. The first-order valence-corrected chi connectivity index (χ1v) is 22.7. The summed E-state index contributed by atoms with van der Waals surface area (Å²) in [4.78, 5) is 101. The van der Waals surface area contributed by atoms with Crippen LogP contribution in [0.2, 0.25) is 0 Å². The number of aromatic nitrogens is 2. The third-order valence-electron chi connectivity index (χ3n) is 8.52. The number of H-pyrrole nitrogens is 1. The summed E-state index contributed by atoms with van der Waals surface area (Å²) in [6, 6.07) is 0.233. The number of fused-ring (bicyclic) bond motifs is 1. The number of ether oxygens (including phenoxy) is 1. The van der Waals surface area contributed by atoms with Crippen LogP contribution in [0.4, 0.5) is 4.79 Å². The summed E-state index contributed by atoms with van der Waals surface area (Å²) in [7, 11) is -17.2. The second-order valence-corrected chi connectivity index (χ2v) is 18.4. The summed E-state index contributed by atoms with van der Waals surface area (Å²) in [6.07, 6.45) is 4.87. The third kappa shape index (κ3) is 16.2. The smallest absolute Gasteiger partial charge is 0.756 e. The molecule has 3 aliphatic rings. The van der Waals surface area contributed by atoms with Crippen molar-refractivity contribution in [2.75, 3.05) is 25.4 Å². The maximum Gasteiger partial charge on any atom is 1.00 e. The molecule has 3 unspecified atom stereocenters. The van der Waals surface area contributed by atoms with Crippen molar-refractivity contribution < 1.29 is 100 Å². The number of aromatic amines is 1. The number of aliphatic hydroxyl groups excluding tert-OH is 1. The van der Waals surface area contributed by atoms with Gasteiger partial charge in [-0.2, -0.15) is 16.1 Å². The second-order valence-electron chi connectivity index (χ2n) is 12.8. The number of phosphoric ester groups is 1. The van der Waals surface area contributed by atoms with Crippen LogP contribution in [-0.4, -0.2) is 102 Å². The van der Waals surface area contributed by atoms with E-state index in [1.54, 1.807) is 0 Å². The molecule has 3 fully saturated rings. The first-order valence-electron chi connectivity index (χ1n) is 17.1. The maximum absolute atomic E-state index is 12.5. The normalized spacial score (nSPS) is 26.3. The Morgan fingerprint density at radius 3 is 2.41 bits per heavy atom. The van der Waals surface area contributed by atoms with Gasteiger partial charge < -0.3 is 50.7 Å². The van der Waals surface area contributed by atoms with Crippen LogP contribution in [0.15, 0.2) is 21.9 Å². The Bertz CT molecular complexity index is 1830. The van der Waals surface area contributed by atoms with Gasteiger partial charge in [-0.15, -0.1) is 0 Å². The number of carbonyl (C=O) groups is 3. The maximum atomic E-state index is 12.5. The van der Waals surface area contributed by atoms with Crippen molar-refractivity contribution in [2.24, 2.45) is 0 Å². The molecule has 310 valence electrons. The van der Waals surface area contributed by atoms with E-state index in [1.165, 1.54) is 12.2 Å². The Balaban J connectivity index is 0.00000841. The Morgan fingerprint density at radius 2 is 1.70 bits per heavy atom. The van der Waals surface area contributed by atoms with Gasteiger partial charge in [-0.3, -0.25) is 33.0 Å². The van der Waals surface area contributed by atoms with Crippen molar-refractivity contribution in [1.29, 1.82) is 0 Å². The van der Waals surface area contributed by atoms with Gasteiger partial charge in [0, 0.05) is 49.6 Å². The standard InChI is InChI=1S/C28H45N6O17P3S.Na/c35-19-13-24(49-20(19)15-48-53(44,45)51-54(46,47)50-52(41,42)43)34-14-17(26(38)33-28(34)40)7-6-12-30-22(36)9-2-1-5-11-29-23(37)10-4-3-8-21-25-18(16-55-21)31-27(39)32-25;/h6-7,14,18-21,24-25,35H,1-5,8-13,15-16H2,(H,29,37)(H,30,36)(H,44,45)(H,46,47)(H2,31,32,39)(H,33,38,40)(H2,41,42,43);/q;+1/p-1/b7-6+;/t18-,19-,20+,21-,24+,25-;/m0./s1. The number of hydrogen-bond donors (Lipinski definition) is 9. The van der Waals surface area contributed by atoms with Crippen molar-refractivity contribution in [3.8, 4) is 0 Å². The van der Waals surface area contributed by atoms with Crippen molar-refractivity contribution in [3.05, 3.63) is 38.7 Å². The molecule has 28 heteroatoms. The minimum atomic E-state index is -5.85. The monoisotopic (exact) mass is 884 g/mol. The number of hydrogen-bond acceptors (Lipinski definition) is 15. The molecule has 3 aliphatic heterocycles. The van der Waals surface area contributed by atoms with Crippen LogP contribution in [0.1, 0.15) is 69.6 Å². The fraction of sp³-hybridized carbons (Fsp3) is 0.679. The fourth-order valence-corrected chi connectivity index (χ4v) is 10.5. The number of amides is 4. The van der Waals surface area contributed by atoms with E-state index >= 15 is 0 Å². The van der Waals surface area contributed by atoms with Gasteiger partial charge in [0.25, 0.3) is 13.4 Å². The summed E-state index contributed by atoms with van der Waals surface area (Å²) in [5.74, 6) is 0.648. The van der Waals surface area contributed by atoms with E-state index in [9.17, 15) is 57.5 Å². The molecule has 4 rings (SSSR count). The van der Waals surface area contributed by atoms with Crippen molar-refractivity contribution in [2.45, 2.75) is 93.6 Å². The van der Waals surface area contributed by atoms with Crippen molar-refractivity contribution in [3.63, 3.8) is 0 Å². The predicted molar refractivity (Wildman–Crippen MR) is 191 cm³/mol. The van der Waals surface area contributed by atoms with Crippen LogP contribution in [0.3, 0.4) is 0 Å². The molecule has 1 aromatic rings. The van der Waals surface area contributed by atoms with Crippen LogP contribution in [0, 0.1) is 0 Å². The quantitative estimate of drug-likeness (QED) is 0.0235. The molecular formula is C28H44N6NaO17P3S. The molecule has 9 atom stereocenters. The van der Waals surface area contributed by atoms with Gasteiger partial charge >= 0.3 is 56.9 Å². The van der Waals surface area contributed by atoms with E-state index < -0.39 is 59.8 Å². The minimum Gasteiger partial charge on any atom is -0.756 e. The third-order valence-corrected chi connectivity index (χ3v) is 13.8. The molecule has 0 saturated carbocycles. The number of nitrogens with one attached hydrogen (secondary N) is 5. The molecule has 0 bridgehead atoms. The summed E-state index contributed by atoms with van der Waals surface area (Å²) in [6.45, 7) is -0.409. The van der Waals surface area contributed by atoms with Crippen LogP contribution in [0.25, 0.3) is 6.08 Å². The van der Waals surface area contributed by atoms with E-state index in [1.807, 2.05) is 11.8 Å². The number of urea groups is 1. The van der Waals surface area contributed by atoms with Crippen LogP contribution >= 0.6 is 35.2 Å². The molecule has 23 nitrogen and oxygen atoms in total. The Morgan fingerprint density at radius 1 is 1.00 bits per heavy atom. The fourth-order valence-electron chi connectivity index (χ4n) is 5.96. The summed E-state index contributed by atoms with van der Waals surface area (Å²) in [5.41, 5.74) is -1.72. The number of unbranched alkanes of at least 4 members (excludes halogenated alkanes) is 3. The topological polar surface area (TPSA) is 346 Å². The van der Waals surface area contributed by atoms with Gasteiger partial charge in [-0.1, -0.05) is 25.0 Å². The van der Waals surface area contributed by atoms with Gasteiger partial charge in [0.05, 0.1) is 30.4 Å². The molecule has 3 saturated heterocycles. The summed E-state index contributed by atoms with van der Waals surface area (Å²) in [5, 5.41) is 22.2. The number of carbonyl (C=O) groups excluding carboxylic acids is 3. The zero-order valence-electron chi connectivity index (χ0n) is 30.2. The zero-order chi connectivity index (χ0) is 40.4. The van der Waals surface area contributed by atoms with E-state index in [0.29, 0.717) is 31.1 Å². The average molecular weight is 885 g/mol. The van der Waals surface area contributed by atoms with Crippen LogP contribution in [-0.2, 0) is 41.2 Å². The number of aliphatic hydroxyl groups is 1. The van der Waals surface area contributed by atoms with E-state index in [2.05, 4.69) is 39.4 Å². The molecule has 4 amide bonds. The largest absolute Gasteiger partial charge is 1.00 e. The number of nitrogens with zero attached hydrogens (tertiary/aromatic N) is 1. The number of phosphoric acid groups is 3. The Kier molecular flexibility index (Phi) is 19.2. The molecule has 0 spiro atoms. The molecule has 1 aromatic heterocycles. The molecule has 0 radical (unpaired) electrons. The van der Waals surface area contributed by atoms with Gasteiger partial charge in [0.2, 0.25) is 11.8 Å². The summed E-state index contributed by atoms with van der Waals surface area (Å²) < 4.78 is 52.0. The van der Waals surface area contributed by atoms with Gasteiger partial charge in [0.15, 0.2) is 0 Å². The molecule has 9 N–H and O–H groups in total. The number of rotatable bonds is 22. The van der Waals surface area contributed by atoms with E-state index in [0.717, 1.165) is 42.2 Å².